The molecule has 0 saturated carbocycles. The predicted molar refractivity (Wildman–Crippen MR) is 63.4 cm³/mol. The number of aldehydes is 1. The van der Waals surface area contributed by atoms with Crippen molar-refractivity contribution in [2.45, 2.75) is 45.1 Å². The van der Waals surface area contributed by atoms with Crippen LogP contribution in [-0.2, 0) is 9.53 Å². The summed E-state index contributed by atoms with van der Waals surface area (Å²) >= 11 is 0. The van der Waals surface area contributed by atoms with Gasteiger partial charge in [0.2, 0.25) is 0 Å². The second kappa shape index (κ2) is 5.28. The lowest BCUT2D eigenvalue weighted by molar-refractivity contribution is -0.125. The highest BCUT2D eigenvalue weighted by molar-refractivity contribution is 5.60. The molecule has 0 spiro atoms. The molecule has 3 heteroatoms. The van der Waals surface area contributed by atoms with Gasteiger partial charge in [-0.2, -0.15) is 0 Å². The first-order valence-electron chi connectivity index (χ1n) is 6.58. The molecule has 2 atom stereocenters. The average Bonchev–Trinajstić information content (AvgIpc) is 2.77. The van der Waals surface area contributed by atoms with Gasteiger partial charge in [-0.3, -0.25) is 4.90 Å². The van der Waals surface area contributed by atoms with Gasteiger partial charge in [-0.25, -0.2) is 0 Å². The van der Waals surface area contributed by atoms with Gasteiger partial charge in [0.25, 0.3) is 0 Å². The third kappa shape index (κ3) is 2.46. The lowest BCUT2D eigenvalue weighted by Crippen LogP contribution is -2.45. The summed E-state index contributed by atoms with van der Waals surface area (Å²) in [5.41, 5.74) is -0.212. The summed E-state index contributed by atoms with van der Waals surface area (Å²) in [7, 11) is 0. The minimum absolute atomic E-state index is 0.212. The topological polar surface area (TPSA) is 29.5 Å². The maximum Gasteiger partial charge on any atom is 0.129 e. The van der Waals surface area contributed by atoms with E-state index in [0.717, 1.165) is 38.8 Å². The van der Waals surface area contributed by atoms with Crippen molar-refractivity contribution in [3.8, 4) is 0 Å². The van der Waals surface area contributed by atoms with Gasteiger partial charge < -0.3 is 9.53 Å². The van der Waals surface area contributed by atoms with E-state index < -0.39 is 0 Å². The molecule has 2 aliphatic rings. The van der Waals surface area contributed by atoms with Crippen LogP contribution in [0.2, 0.25) is 0 Å². The summed E-state index contributed by atoms with van der Waals surface area (Å²) in [6.07, 6.45) is 6.97. The van der Waals surface area contributed by atoms with E-state index in [9.17, 15) is 4.79 Å². The molecule has 2 saturated heterocycles. The molecular formula is C13H23NO2. The van der Waals surface area contributed by atoms with Gasteiger partial charge in [0.1, 0.15) is 6.29 Å². The van der Waals surface area contributed by atoms with Gasteiger partial charge in [-0.05, 0) is 38.6 Å². The van der Waals surface area contributed by atoms with Crippen LogP contribution in [0.4, 0.5) is 0 Å². The van der Waals surface area contributed by atoms with Crippen LogP contribution >= 0.6 is 0 Å². The van der Waals surface area contributed by atoms with Crippen molar-refractivity contribution in [3.63, 3.8) is 0 Å². The van der Waals surface area contributed by atoms with Crippen LogP contribution in [0.3, 0.4) is 0 Å². The highest BCUT2D eigenvalue weighted by Crippen LogP contribution is 2.31. The van der Waals surface area contributed by atoms with Crippen LogP contribution in [0.5, 0.6) is 0 Å². The lowest BCUT2D eigenvalue weighted by Gasteiger charge is -2.37. The molecule has 3 nitrogen and oxygen atoms in total. The largest absolute Gasteiger partial charge is 0.380 e. The van der Waals surface area contributed by atoms with Gasteiger partial charge in [0.15, 0.2) is 0 Å². The molecule has 2 fully saturated rings. The summed E-state index contributed by atoms with van der Waals surface area (Å²) in [6.45, 7) is 5.77. The highest BCUT2D eigenvalue weighted by Gasteiger charge is 2.37. The molecule has 2 rings (SSSR count). The number of carbonyl (C=O) groups is 1. The molecule has 92 valence electrons. The molecule has 0 aromatic carbocycles. The zero-order valence-corrected chi connectivity index (χ0v) is 10.3. The van der Waals surface area contributed by atoms with Crippen LogP contribution in [0.15, 0.2) is 0 Å². The van der Waals surface area contributed by atoms with Crippen LogP contribution in [0, 0.1) is 5.41 Å². The summed E-state index contributed by atoms with van der Waals surface area (Å²) in [4.78, 5) is 13.9. The van der Waals surface area contributed by atoms with Gasteiger partial charge in [-0.1, -0.05) is 6.92 Å². The van der Waals surface area contributed by atoms with E-state index in [0.29, 0.717) is 12.6 Å². The van der Waals surface area contributed by atoms with E-state index in [4.69, 9.17) is 4.74 Å². The number of hydrogen-bond acceptors (Lipinski definition) is 3. The molecule has 2 heterocycles. The van der Waals surface area contributed by atoms with E-state index in [1.54, 1.807) is 0 Å². The fourth-order valence-corrected chi connectivity index (χ4v) is 3.10. The molecule has 0 aliphatic carbocycles. The molecule has 0 aromatic rings. The van der Waals surface area contributed by atoms with Crippen LogP contribution in [-0.4, -0.2) is 43.5 Å². The van der Waals surface area contributed by atoms with E-state index in [2.05, 4.69) is 11.8 Å². The van der Waals surface area contributed by atoms with Crippen molar-refractivity contribution < 1.29 is 9.53 Å². The first-order valence-corrected chi connectivity index (χ1v) is 6.58. The maximum atomic E-state index is 11.4. The smallest absolute Gasteiger partial charge is 0.129 e. The Kier molecular flexibility index (Phi) is 3.98. The SMILES string of the molecule is CCC1CCCN1CC1(C=O)CCCOC1. The Balaban J connectivity index is 1.97. The number of likely N-dealkylation sites (tertiary alicyclic amines) is 1. The van der Waals surface area contributed by atoms with E-state index in [-0.39, 0.29) is 5.41 Å². The fourth-order valence-electron chi connectivity index (χ4n) is 3.10. The zero-order valence-electron chi connectivity index (χ0n) is 10.3. The third-order valence-corrected chi connectivity index (χ3v) is 4.09. The number of hydrogen-bond donors (Lipinski definition) is 0. The van der Waals surface area contributed by atoms with Gasteiger partial charge in [0, 0.05) is 19.2 Å². The minimum Gasteiger partial charge on any atom is -0.380 e. The minimum atomic E-state index is -0.212. The Labute approximate surface area is 98.1 Å². The summed E-state index contributed by atoms with van der Waals surface area (Å²) in [5.74, 6) is 0. The van der Waals surface area contributed by atoms with E-state index >= 15 is 0 Å². The van der Waals surface area contributed by atoms with E-state index in [1.165, 1.54) is 19.3 Å². The van der Waals surface area contributed by atoms with Crippen molar-refractivity contribution in [2.24, 2.45) is 5.41 Å². The van der Waals surface area contributed by atoms with E-state index in [1.807, 2.05) is 0 Å². The molecule has 16 heavy (non-hydrogen) atoms. The molecule has 0 bridgehead atoms. The van der Waals surface area contributed by atoms with Crippen molar-refractivity contribution >= 4 is 6.29 Å². The van der Waals surface area contributed by atoms with Gasteiger partial charge in [-0.15, -0.1) is 0 Å². The molecule has 0 N–H and O–H groups in total. The first-order chi connectivity index (χ1) is 7.79. The second-order valence-electron chi connectivity index (χ2n) is 5.31. The second-order valence-corrected chi connectivity index (χ2v) is 5.31. The molecule has 2 aliphatic heterocycles. The average molecular weight is 225 g/mol. The summed E-state index contributed by atoms with van der Waals surface area (Å²) in [6, 6.07) is 0.693. The molecule has 0 aromatic heterocycles. The number of carbonyl (C=O) groups excluding carboxylic acids is 1. The van der Waals surface area contributed by atoms with Crippen molar-refractivity contribution in [1.82, 2.24) is 4.90 Å². The predicted octanol–water partition coefficient (Wildman–Crippen LogP) is 1.86. The van der Waals surface area contributed by atoms with Crippen molar-refractivity contribution in [1.29, 1.82) is 0 Å². The highest BCUT2D eigenvalue weighted by atomic mass is 16.5. The van der Waals surface area contributed by atoms with Crippen LogP contribution in [0.25, 0.3) is 0 Å². The summed E-state index contributed by atoms with van der Waals surface area (Å²) < 4.78 is 5.50. The quantitative estimate of drug-likeness (QED) is 0.684. The van der Waals surface area contributed by atoms with Crippen molar-refractivity contribution in [2.75, 3.05) is 26.3 Å². The van der Waals surface area contributed by atoms with Crippen LogP contribution < -0.4 is 0 Å². The number of rotatable bonds is 4. The standard InChI is InChI=1S/C13H23NO2/c1-2-12-5-3-7-14(12)9-13(10-15)6-4-8-16-11-13/h10,12H,2-9,11H2,1H3. The Morgan fingerprint density at radius 3 is 3.00 bits per heavy atom. The molecular weight excluding hydrogens is 202 g/mol. The molecule has 2 unspecified atom stereocenters. The maximum absolute atomic E-state index is 11.4. The number of ether oxygens (including phenoxy) is 1. The first kappa shape index (κ1) is 12.1. The van der Waals surface area contributed by atoms with Crippen molar-refractivity contribution in [3.05, 3.63) is 0 Å². The Bertz CT molecular complexity index is 236. The fraction of sp³-hybridized carbons (Fsp3) is 0.923. The Hall–Kier alpha value is -0.410. The Morgan fingerprint density at radius 2 is 2.38 bits per heavy atom. The monoisotopic (exact) mass is 225 g/mol. The van der Waals surface area contributed by atoms with Gasteiger partial charge in [0.05, 0.1) is 12.0 Å². The van der Waals surface area contributed by atoms with Gasteiger partial charge >= 0.3 is 0 Å². The zero-order chi connectivity index (χ0) is 11.4. The molecule has 0 radical (unpaired) electrons. The molecule has 0 amide bonds. The third-order valence-electron chi connectivity index (χ3n) is 4.09. The number of nitrogens with zero attached hydrogens (tertiary/aromatic N) is 1. The Morgan fingerprint density at radius 1 is 1.50 bits per heavy atom. The van der Waals surface area contributed by atoms with Crippen LogP contribution in [0.1, 0.15) is 39.0 Å². The lowest BCUT2D eigenvalue weighted by atomic mass is 9.83. The summed E-state index contributed by atoms with van der Waals surface area (Å²) in [5, 5.41) is 0. The normalized spacial score (nSPS) is 36.4.